The number of fused-ring (bicyclic) bond motifs is 1. The molecule has 2 aromatic rings. The predicted octanol–water partition coefficient (Wildman–Crippen LogP) is 0.206. The van der Waals surface area contributed by atoms with Gasteiger partial charge in [-0.1, -0.05) is 6.07 Å². The predicted molar refractivity (Wildman–Crippen MR) is 310 cm³/mol. The third kappa shape index (κ3) is 30.1. The van der Waals surface area contributed by atoms with Gasteiger partial charge in [-0.2, -0.15) is 13.1 Å². The zero-order valence-corrected chi connectivity index (χ0v) is 53.9. The minimum atomic E-state index is -4.79. The van der Waals surface area contributed by atoms with Crippen molar-refractivity contribution in [2.24, 2.45) is 0 Å². The Kier molecular flexibility index (Phi) is 34.1. The molecule has 27 nitrogen and oxygen atoms in total. The molecule has 0 saturated carbocycles. The number of pyridine rings is 1. The molecule has 32 heteroatoms. The summed E-state index contributed by atoms with van der Waals surface area (Å²) in [7, 11) is -4.53. The summed E-state index contributed by atoms with van der Waals surface area (Å²) >= 11 is 0. The van der Waals surface area contributed by atoms with Crippen molar-refractivity contribution in [1.29, 1.82) is 0 Å². The summed E-state index contributed by atoms with van der Waals surface area (Å²) in [6, 6.07) is 3.69. The van der Waals surface area contributed by atoms with E-state index in [-0.39, 0.29) is 159 Å². The quantitative estimate of drug-likeness (QED) is 0.0268. The number of ketones is 1. The molecule has 2 aliphatic rings. The number of carbonyl (C=O) groups excluding carboxylic acids is 4. The van der Waals surface area contributed by atoms with Gasteiger partial charge in [0.15, 0.2) is 5.78 Å². The van der Waals surface area contributed by atoms with Crippen LogP contribution >= 0.6 is 17.9 Å². The number of amides is 3. The van der Waals surface area contributed by atoms with Crippen LogP contribution in [0.5, 0.6) is 5.75 Å². The number of benzene rings is 1. The average Bonchev–Trinajstić information content (AvgIpc) is 3.17. The Morgan fingerprint density at radius 3 is 1.70 bits per heavy atom. The van der Waals surface area contributed by atoms with Crippen LogP contribution in [0.15, 0.2) is 29.2 Å². The van der Waals surface area contributed by atoms with Gasteiger partial charge in [-0.15, -0.1) is 17.9 Å². The molecule has 1 aromatic heterocycles. The van der Waals surface area contributed by atoms with E-state index in [1.807, 2.05) is 6.07 Å². The summed E-state index contributed by atoms with van der Waals surface area (Å²) in [6.45, 7) is 1.84. The van der Waals surface area contributed by atoms with Crippen LogP contribution in [0.1, 0.15) is 88.8 Å². The number of carbonyl (C=O) groups is 8. The molecule has 0 radical (unpaired) electrons. The Labute approximate surface area is 518 Å². The van der Waals surface area contributed by atoms with Gasteiger partial charge in [-0.25, -0.2) is 8.42 Å². The number of hydrogen-bond acceptors (Lipinski definition) is 18. The first-order valence-corrected chi connectivity index (χ1v) is 32.7. The van der Waals surface area contributed by atoms with E-state index in [2.05, 4.69) is 44.6 Å². The summed E-state index contributed by atoms with van der Waals surface area (Å²) < 4.78 is 78.5. The summed E-state index contributed by atoms with van der Waals surface area (Å²) in [5.74, 6) is -8.18. The monoisotopic (exact) mass is 1330 g/mol. The Hall–Kier alpha value is -4.25. The normalized spacial score (nSPS) is 15.8. The zero-order chi connectivity index (χ0) is 63.0. The van der Waals surface area contributed by atoms with Gasteiger partial charge >= 0.3 is 56.6 Å². The molecule has 2 heterocycles. The van der Waals surface area contributed by atoms with Crippen molar-refractivity contribution in [3.05, 3.63) is 52.3 Å². The number of unbranched alkanes of at least 4 members (excludes halogenated alkanes) is 1. The maximum absolute atomic E-state index is 13.5. The van der Waals surface area contributed by atoms with E-state index in [0.717, 1.165) is 37.1 Å². The first-order valence-electron chi connectivity index (χ1n) is 27.9. The Morgan fingerprint density at radius 2 is 1.18 bits per heavy atom. The maximum atomic E-state index is 13.5. The molecule has 0 bridgehead atoms. The average molecular weight is 1330 g/mol. The maximum Gasteiger partial charge on any atom is 3.00 e. The number of sulfonamides is 1. The molecule has 83 heavy (non-hydrogen) atoms. The van der Waals surface area contributed by atoms with E-state index in [1.54, 1.807) is 19.6 Å². The van der Waals surface area contributed by atoms with Crippen molar-refractivity contribution in [1.82, 2.24) is 45.3 Å². The molecule has 9 N–H and O–H groups in total. The van der Waals surface area contributed by atoms with Crippen LogP contribution in [0.25, 0.3) is 0 Å². The van der Waals surface area contributed by atoms with Gasteiger partial charge in [0.25, 0.3) is 10.1 Å². The van der Waals surface area contributed by atoms with Gasteiger partial charge in [-0.3, -0.25) is 67.5 Å². The summed E-state index contributed by atoms with van der Waals surface area (Å²) in [5, 5.41) is 45.7. The first-order chi connectivity index (χ1) is 39.8. The number of carboxylic acids is 4. The smallest absolute Gasteiger partial charge is 0.494 e. The molecular formula is C51H83N9O18P2S2Y+3. The zero-order valence-electron chi connectivity index (χ0n) is 49.1. The fraction of sp³-hybridized carbons (Fsp3) is 0.627. The van der Waals surface area contributed by atoms with Gasteiger partial charge < -0.3 is 41.1 Å². The number of carboxylic acid groups (broad SMARTS) is 4. The van der Waals surface area contributed by atoms with Gasteiger partial charge in [0, 0.05) is 99.1 Å². The molecule has 4 atom stereocenters. The SMILES string of the molecule is Cc1cc(OCCCC(=O)NCCCC(=O)[C@H](CS(=O)(=O)O)NC(=O)CN2CCN(CC(=O)O)CCN(CC(=O)O)CCN(CC(=O)O)CC2)cc(C)c1S(=O)(=O)NC(CNC(=O)CCCCc1ccc2c(n1)CCCC2)C(=O)O.PP.[2H][2H].[Y+3]. The number of aryl methyl sites for hydroxylation is 5. The van der Waals surface area contributed by atoms with Crippen LogP contribution in [0.2, 0.25) is 0 Å². The largest absolute Gasteiger partial charge is 3.00 e. The fourth-order valence-corrected chi connectivity index (χ4v) is 11.7. The molecule has 0 spiro atoms. The number of aromatic nitrogens is 1. The minimum absolute atomic E-state index is 0. The second kappa shape index (κ2) is 38.7. The van der Waals surface area contributed by atoms with Crippen LogP contribution in [0.4, 0.5) is 0 Å². The second-order valence-electron chi connectivity index (χ2n) is 20.1. The fourth-order valence-electron chi connectivity index (χ4n) is 9.34. The summed E-state index contributed by atoms with van der Waals surface area (Å²) in [6.07, 6.45) is 6.24. The third-order valence-corrected chi connectivity index (χ3v) is 15.9. The molecular weight excluding hydrogens is 1240 g/mol. The summed E-state index contributed by atoms with van der Waals surface area (Å²) in [4.78, 5) is 110. The molecule has 1 aliphatic heterocycles. The van der Waals surface area contributed by atoms with Crippen LogP contribution in [0, 0.1) is 13.8 Å². The summed E-state index contributed by atoms with van der Waals surface area (Å²) in [5.41, 5.74) is 3.88. The molecule has 3 unspecified atom stereocenters. The molecule has 1 aromatic carbocycles. The van der Waals surface area contributed by atoms with Crippen molar-refractivity contribution in [3.8, 4) is 5.75 Å². The van der Waals surface area contributed by atoms with Crippen LogP contribution in [0.3, 0.4) is 0 Å². The van der Waals surface area contributed by atoms with E-state index in [4.69, 9.17) is 12.7 Å². The van der Waals surface area contributed by atoms with E-state index in [0.29, 0.717) is 19.3 Å². The molecule has 462 valence electrons. The number of rotatable bonds is 32. The molecule has 1 fully saturated rings. The number of nitrogens with zero attached hydrogens (tertiary/aromatic N) is 5. The standard InChI is InChI=1S/C51H77N9O18S2.H4P2.Y.H2/c1-35-27-39(28-36(2)50(35)80(76,77)56-41(51(71)72)29-53-45(63)13-6-4-10-38-16-15-37-9-3-5-11-40(37)54-38)78-26-8-14-44(62)52-17-7-12-43(61)42(34-79(73,74)75)55-46(64)30-57-18-20-58(31-47(65)66)22-24-60(33-49(69)70)25-23-59(21-19-57)32-48(67)68;1-2;;/h15-16,27-28,41-42,56H,3-14,17-26,29-34H2,1-2H3,(H,52,62)(H,53,63)(H,55,64)(H,65,66)(H,67,68)(H,69,70)(H,71,72)(H,73,74,75);1-2H2;;1H/q;;+3;/t41?,42-;;;/m0.../s1/i;;;1+1D. The van der Waals surface area contributed by atoms with Crippen LogP contribution in [-0.4, -0.2) is 230 Å². The van der Waals surface area contributed by atoms with Crippen LogP contribution in [-0.2, 0) is 110 Å². The Morgan fingerprint density at radius 1 is 0.675 bits per heavy atom. The van der Waals surface area contributed by atoms with Crippen molar-refractivity contribution < 1.29 is 121 Å². The van der Waals surface area contributed by atoms with E-state index in [9.17, 15) is 80.2 Å². The van der Waals surface area contributed by atoms with Crippen molar-refractivity contribution in [2.45, 2.75) is 108 Å². The second-order valence-corrected chi connectivity index (χ2v) is 23.2. The topological polar surface area (TPSA) is 389 Å². The van der Waals surface area contributed by atoms with Gasteiger partial charge in [-0.05, 0) is 107 Å². The molecule has 1 saturated heterocycles. The van der Waals surface area contributed by atoms with Gasteiger partial charge in [0.05, 0.1) is 37.7 Å². The van der Waals surface area contributed by atoms with Crippen molar-refractivity contribution in [3.63, 3.8) is 0 Å². The van der Waals surface area contributed by atoms with E-state index < -0.39 is 112 Å². The number of hydrogen-bond donors (Lipinski definition) is 9. The number of nitrogens with one attached hydrogen (secondary N) is 4. The Bertz CT molecular complexity index is 2690. The number of Topliss-reactive ketones (excluding diaryl/α,β-unsaturated/α-hetero) is 1. The van der Waals surface area contributed by atoms with Gasteiger partial charge in [0.1, 0.15) is 23.6 Å². The molecule has 1 aliphatic carbocycles. The van der Waals surface area contributed by atoms with Crippen molar-refractivity contribution in [2.75, 3.05) is 104 Å². The third-order valence-electron chi connectivity index (χ3n) is 13.3. The van der Waals surface area contributed by atoms with Crippen LogP contribution < -0.4 is 25.4 Å². The van der Waals surface area contributed by atoms with E-state index in [1.165, 1.54) is 31.5 Å². The van der Waals surface area contributed by atoms with E-state index >= 15 is 0 Å². The molecule has 3 amide bonds. The number of ether oxygens (including phenoxy) is 1. The molecule has 4 rings (SSSR count). The van der Waals surface area contributed by atoms with Gasteiger partial charge in [0.2, 0.25) is 27.7 Å². The number of aliphatic carboxylic acids is 4. The Balaban J connectivity index is 0.00000707. The first kappa shape index (κ1) is 73.0. The van der Waals surface area contributed by atoms with Crippen molar-refractivity contribution >= 4 is 85.4 Å². The minimum Gasteiger partial charge on any atom is -0.494 e.